The van der Waals surface area contributed by atoms with Crippen LogP contribution in [0.1, 0.15) is 18.4 Å². The Balaban J connectivity index is 1.31. The number of sulfonamides is 1. The molecule has 2 aliphatic heterocycles. The third kappa shape index (κ3) is 6.64. The van der Waals surface area contributed by atoms with Crippen molar-refractivity contribution in [2.45, 2.75) is 25.3 Å². The van der Waals surface area contributed by atoms with E-state index in [0.29, 0.717) is 35.3 Å². The molecule has 0 saturated carbocycles. The van der Waals surface area contributed by atoms with Crippen LogP contribution in [0.5, 0.6) is 5.75 Å². The lowest BCUT2D eigenvalue weighted by atomic mass is 10.0. The van der Waals surface area contributed by atoms with Gasteiger partial charge in [-0.3, -0.25) is 4.31 Å². The fourth-order valence-electron chi connectivity index (χ4n) is 5.35. The van der Waals surface area contributed by atoms with Crippen LogP contribution in [-0.2, 0) is 16.4 Å². The maximum atomic E-state index is 13.3. The van der Waals surface area contributed by atoms with Crippen LogP contribution in [0.15, 0.2) is 42.6 Å². The number of anilines is 6. The largest absolute Gasteiger partial charge is 0.494 e. The van der Waals surface area contributed by atoms with E-state index in [2.05, 4.69) is 36.1 Å². The van der Waals surface area contributed by atoms with E-state index >= 15 is 0 Å². The molecule has 0 bridgehead atoms. The van der Waals surface area contributed by atoms with E-state index in [1.54, 1.807) is 19.2 Å². The molecule has 3 heterocycles. The van der Waals surface area contributed by atoms with Crippen molar-refractivity contribution in [3.63, 3.8) is 0 Å². The van der Waals surface area contributed by atoms with Gasteiger partial charge in [0.05, 0.1) is 30.4 Å². The van der Waals surface area contributed by atoms with Crippen molar-refractivity contribution < 1.29 is 17.5 Å². The van der Waals surface area contributed by atoms with Crippen molar-refractivity contribution in [3.05, 3.63) is 53.2 Å². The number of ether oxygens (including phenoxy) is 1. The molecular weight excluding hydrogens is 583 g/mol. The molecule has 42 heavy (non-hydrogen) atoms. The van der Waals surface area contributed by atoms with Crippen molar-refractivity contribution in [1.29, 1.82) is 0 Å². The molecule has 0 amide bonds. The van der Waals surface area contributed by atoms with Gasteiger partial charge in [-0.15, -0.1) is 0 Å². The monoisotopic (exact) mass is 618 g/mol. The van der Waals surface area contributed by atoms with Crippen LogP contribution >= 0.6 is 11.6 Å². The Bertz CT molecular complexity index is 1500. The zero-order chi connectivity index (χ0) is 29.7. The molecule has 0 aliphatic carbocycles. The number of rotatable bonds is 12. The molecule has 0 spiro atoms. The molecule has 1 saturated heterocycles. The lowest BCUT2D eigenvalue weighted by Gasteiger charge is -2.34. The number of benzene rings is 2. The molecule has 2 aliphatic rings. The van der Waals surface area contributed by atoms with Gasteiger partial charge >= 0.3 is 0 Å². The number of fused-ring (bicyclic) bond motifs is 1. The number of likely N-dealkylation sites (N-methyl/N-ethyl adjacent to an activating group) is 1. The molecule has 0 radical (unpaired) electrons. The van der Waals surface area contributed by atoms with Gasteiger partial charge in [0.1, 0.15) is 10.8 Å². The average Bonchev–Trinajstić information content (AvgIpc) is 3.46. The summed E-state index contributed by atoms with van der Waals surface area (Å²) in [6.07, 6.45) is 4.08. The molecule has 0 atom stereocenters. The van der Waals surface area contributed by atoms with E-state index in [9.17, 15) is 12.8 Å². The van der Waals surface area contributed by atoms with Crippen molar-refractivity contribution in [3.8, 4) is 5.75 Å². The number of piperidine rings is 1. The van der Waals surface area contributed by atoms with Crippen molar-refractivity contribution in [1.82, 2.24) is 20.6 Å². The summed E-state index contributed by atoms with van der Waals surface area (Å²) >= 11 is 6.42. The first kappa shape index (κ1) is 30.1. The molecule has 0 unspecified atom stereocenters. The van der Waals surface area contributed by atoms with Crippen LogP contribution in [0.25, 0.3) is 0 Å². The molecule has 1 aromatic heterocycles. The van der Waals surface area contributed by atoms with E-state index in [1.807, 2.05) is 31.3 Å². The highest BCUT2D eigenvalue weighted by molar-refractivity contribution is 7.92. The van der Waals surface area contributed by atoms with E-state index in [-0.39, 0.29) is 23.3 Å². The van der Waals surface area contributed by atoms with E-state index in [1.165, 1.54) is 6.20 Å². The molecule has 5 rings (SSSR count). The minimum absolute atomic E-state index is 0.173. The van der Waals surface area contributed by atoms with Gasteiger partial charge in [0.25, 0.3) is 10.0 Å². The van der Waals surface area contributed by atoms with Gasteiger partial charge in [0.2, 0.25) is 12.0 Å². The Morgan fingerprint density at radius 3 is 2.64 bits per heavy atom. The molecular formula is C28H36ClFN8O3S. The third-order valence-corrected chi connectivity index (χ3v) is 9.11. The molecule has 1 fully saturated rings. The van der Waals surface area contributed by atoms with Gasteiger partial charge in [0, 0.05) is 50.5 Å². The summed E-state index contributed by atoms with van der Waals surface area (Å²) < 4.78 is 44.9. The fraction of sp³-hybridized carbons (Fsp3) is 0.429. The van der Waals surface area contributed by atoms with E-state index in [0.717, 1.165) is 54.6 Å². The minimum Gasteiger partial charge on any atom is -0.494 e. The highest BCUT2D eigenvalue weighted by Crippen LogP contribution is 2.40. The van der Waals surface area contributed by atoms with Crippen LogP contribution in [0.4, 0.5) is 38.9 Å². The smallest absolute Gasteiger partial charge is 0.264 e. The first-order valence-corrected chi connectivity index (χ1v) is 15.9. The van der Waals surface area contributed by atoms with Gasteiger partial charge in [-0.2, -0.15) is 4.98 Å². The fourth-order valence-corrected chi connectivity index (χ4v) is 6.46. The second-order valence-electron chi connectivity index (χ2n) is 10.2. The first-order valence-electron chi connectivity index (χ1n) is 13.9. The summed E-state index contributed by atoms with van der Waals surface area (Å²) in [6.45, 7) is 4.00. The maximum Gasteiger partial charge on any atom is 0.264 e. The molecule has 4 N–H and O–H groups in total. The maximum absolute atomic E-state index is 13.3. The second kappa shape index (κ2) is 13.3. The van der Waals surface area contributed by atoms with Crippen LogP contribution in [0, 0.1) is 0 Å². The minimum atomic E-state index is -4.09. The van der Waals surface area contributed by atoms with Crippen molar-refractivity contribution in [2.75, 3.05) is 72.7 Å². The molecule has 14 heteroatoms. The summed E-state index contributed by atoms with van der Waals surface area (Å²) in [5.74, 6) is 1.18. The summed E-state index contributed by atoms with van der Waals surface area (Å²) in [6, 6.07) is 10.4. The Kier molecular flexibility index (Phi) is 9.51. The summed E-state index contributed by atoms with van der Waals surface area (Å²) in [7, 11) is -0.511. The number of nitrogens with one attached hydrogen (secondary N) is 4. The van der Waals surface area contributed by atoms with Crippen LogP contribution < -0.4 is 35.2 Å². The highest BCUT2D eigenvalue weighted by Gasteiger charge is 2.32. The average molecular weight is 619 g/mol. The quantitative estimate of drug-likeness (QED) is 0.221. The molecule has 3 aromatic rings. The Labute approximate surface area is 250 Å². The predicted octanol–water partition coefficient (Wildman–Crippen LogP) is 4.02. The first-order chi connectivity index (χ1) is 20.3. The SMILES string of the molecule is CNCCNC1CCN(c2ccc(Nc3ncc(Cl)c(Nc4cccc5c4N(S(=O)(=O)CF)CC5)n3)c(OC)c2)CC1. The number of halogens is 2. The van der Waals surface area contributed by atoms with Crippen LogP contribution in [0.2, 0.25) is 5.02 Å². The summed E-state index contributed by atoms with van der Waals surface area (Å²) in [5, 5.41) is 13.3. The number of alkyl halides is 1. The summed E-state index contributed by atoms with van der Waals surface area (Å²) in [4.78, 5) is 11.2. The number of hydrogen-bond donors (Lipinski definition) is 4. The second-order valence-corrected chi connectivity index (χ2v) is 12.4. The van der Waals surface area contributed by atoms with E-state index in [4.69, 9.17) is 16.3 Å². The number of methoxy groups -OCH3 is 1. The number of aromatic nitrogens is 2. The molecule has 226 valence electrons. The predicted molar refractivity (Wildman–Crippen MR) is 166 cm³/mol. The Morgan fingerprint density at radius 1 is 1.10 bits per heavy atom. The highest BCUT2D eigenvalue weighted by atomic mass is 35.5. The topological polar surface area (TPSA) is 124 Å². The van der Waals surface area contributed by atoms with Gasteiger partial charge in [-0.25, -0.2) is 17.8 Å². The third-order valence-electron chi connectivity index (χ3n) is 7.52. The lowest BCUT2D eigenvalue weighted by Crippen LogP contribution is -2.44. The number of nitrogens with zero attached hydrogens (tertiary/aromatic N) is 4. The summed E-state index contributed by atoms with van der Waals surface area (Å²) in [5.41, 5.74) is 3.40. The number of para-hydroxylation sites is 1. The number of hydrogen-bond acceptors (Lipinski definition) is 10. The van der Waals surface area contributed by atoms with Gasteiger partial charge < -0.3 is 30.9 Å². The zero-order valence-corrected chi connectivity index (χ0v) is 25.2. The Hall–Kier alpha value is -3.39. The van der Waals surface area contributed by atoms with Crippen molar-refractivity contribution >= 4 is 56.1 Å². The van der Waals surface area contributed by atoms with Gasteiger partial charge in [-0.1, -0.05) is 23.7 Å². The van der Waals surface area contributed by atoms with Crippen LogP contribution in [0.3, 0.4) is 0 Å². The molecule has 2 aromatic carbocycles. The van der Waals surface area contributed by atoms with Crippen molar-refractivity contribution in [2.24, 2.45) is 0 Å². The van der Waals surface area contributed by atoms with Gasteiger partial charge in [-0.05, 0) is 50.1 Å². The van der Waals surface area contributed by atoms with Gasteiger partial charge in [0.15, 0.2) is 5.82 Å². The Morgan fingerprint density at radius 2 is 1.90 bits per heavy atom. The normalized spacial score (nSPS) is 15.5. The zero-order valence-electron chi connectivity index (χ0n) is 23.7. The van der Waals surface area contributed by atoms with Crippen LogP contribution in [-0.4, -0.2) is 77.3 Å². The standard InChI is InChI=1S/C28H36ClFN8O3S/c1-31-11-12-32-20-9-13-37(14-10-20)21-6-7-23(25(16-21)41-2)35-28-33-17-22(29)27(36-28)34-24-5-3-4-19-8-15-38(26(19)24)42(39,40)18-30/h3-7,16-17,20,31-32H,8-15,18H2,1-2H3,(H2,33,34,35,36). The molecule has 11 nitrogen and oxygen atoms in total. The van der Waals surface area contributed by atoms with E-state index < -0.39 is 16.0 Å². The lowest BCUT2D eigenvalue weighted by molar-refractivity contribution is 0.410.